The van der Waals surface area contributed by atoms with E-state index in [9.17, 15) is 9.59 Å². The second kappa shape index (κ2) is 5.88. The number of carbonyl (C=O) groups is 2. The first kappa shape index (κ1) is 13.0. The second-order valence-electron chi connectivity index (χ2n) is 3.54. The standard InChI is InChI=1S/C10H16N4O3/c1-3-13(2)9(15)7-17-10(16)6-14-5-8(11)4-12-14/h4-5H,3,6-7,11H2,1-2H3. The number of hydrogen-bond donors (Lipinski definition) is 1. The summed E-state index contributed by atoms with van der Waals surface area (Å²) in [6, 6.07) is 0. The number of anilines is 1. The van der Waals surface area contributed by atoms with Crippen LogP contribution in [-0.4, -0.2) is 46.8 Å². The zero-order valence-electron chi connectivity index (χ0n) is 9.92. The fourth-order valence-electron chi connectivity index (χ4n) is 1.07. The molecule has 0 bridgehead atoms. The van der Waals surface area contributed by atoms with E-state index < -0.39 is 5.97 Å². The zero-order chi connectivity index (χ0) is 12.8. The van der Waals surface area contributed by atoms with E-state index in [1.165, 1.54) is 22.0 Å². The summed E-state index contributed by atoms with van der Waals surface area (Å²) < 4.78 is 6.16. The summed E-state index contributed by atoms with van der Waals surface area (Å²) in [6.45, 7) is 2.11. The van der Waals surface area contributed by atoms with E-state index in [0.717, 1.165) is 0 Å². The molecule has 0 aliphatic heterocycles. The molecule has 0 spiro atoms. The van der Waals surface area contributed by atoms with Gasteiger partial charge < -0.3 is 15.4 Å². The minimum absolute atomic E-state index is 0.0552. The summed E-state index contributed by atoms with van der Waals surface area (Å²) >= 11 is 0. The van der Waals surface area contributed by atoms with Crippen molar-refractivity contribution in [3.63, 3.8) is 0 Å². The summed E-state index contributed by atoms with van der Waals surface area (Å²) in [5.41, 5.74) is 5.91. The van der Waals surface area contributed by atoms with Crippen molar-refractivity contribution in [1.82, 2.24) is 14.7 Å². The maximum absolute atomic E-state index is 11.3. The molecule has 17 heavy (non-hydrogen) atoms. The van der Waals surface area contributed by atoms with Gasteiger partial charge in [-0.05, 0) is 6.92 Å². The largest absolute Gasteiger partial charge is 0.454 e. The summed E-state index contributed by atoms with van der Waals surface area (Å²) in [5.74, 6) is -0.758. The van der Waals surface area contributed by atoms with Crippen LogP contribution in [0.1, 0.15) is 6.92 Å². The van der Waals surface area contributed by atoms with Crippen molar-refractivity contribution in [2.45, 2.75) is 13.5 Å². The third-order valence-corrected chi connectivity index (χ3v) is 2.20. The van der Waals surface area contributed by atoms with Crippen LogP contribution in [0.5, 0.6) is 0 Å². The number of nitrogens with zero attached hydrogens (tertiary/aromatic N) is 3. The predicted molar refractivity (Wildman–Crippen MR) is 60.9 cm³/mol. The Balaban J connectivity index is 2.33. The van der Waals surface area contributed by atoms with E-state index in [4.69, 9.17) is 10.5 Å². The number of hydrogen-bond acceptors (Lipinski definition) is 5. The molecule has 94 valence electrons. The van der Waals surface area contributed by atoms with E-state index in [1.54, 1.807) is 7.05 Å². The van der Waals surface area contributed by atoms with Crippen molar-refractivity contribution >= 4 is 17.6 Å². The monoisotopic (exact) mass is 240 g/mol. The lowest BCUT2D eigenvalue weighted by atomic mass is 10.5. The zero-order valence-corrected chi connectivity index (χ0v) is 9.92. The lowest BCUT2D eigenvalue weighted by Gasteiger charge is -2.14. The molecular weight excluding hydrogens is 224 g/mol. The second-order valence-corrected chi connectivity index (χ2v) is 3.54. The molecule has 0 aliphatic rings. The van der Waals surface area contributed by atoms with Crippen molar-refractivity contribution in [3.8, 4) is 0 Å². The first-order chi connectivity index (χ1) is 8.02. The lowest BCUT2D eigenvalue weighted by molar-refractivity contribution is -0.152. The van der Waals surface area contributed by atoms with Crippen molar-refractivity contribution in [2.24, 2.45) is 0 Å². The van der Waals surface area contributed by atoms with Crippen LogP contribution in [0.4, 0.5) is 5.69 Å². The molecule has 0 aromatic carbocycles. The molecule has 0 saturated heterocycles. The predicted octanol–water partition coefficient (Wildman–Crippen LogP) is -0.513. The van der Waals surface area contributed by atoms with Crippen LogP contribution in [0.2, 0.25) is 0 Å². The van der Waals surface area contributed by atoms with Crippen molar-refractivity contribution in [3.05, 3.63) is 12.4 Å². The molecule has 0 aliphatic carbocycles. The smallest absolute Gasteiger partial charge is 0.328 e. The van der Waals surface area contributed by atoms with E-state index in [-0.39, 0.29) is 19.1 Å². The van der Waals surface area contributed by atoms with Crippen molar-refractivity contribution in [2.75, 3.05) is 25.9 Å². The number of nitrogen functional groups attached to an aromatic ring is 1. The van der Waals surface area contributed by atoms with Crippen LogP contribution in [0.3, 0.4) is 0 Å². The maximum atomic E-state index is 11.3. The van der Waals surface area contributed by atoms with Gasteiger partial charge in [0.2, 0.25) is 0 Å². The Labute approximate surface area is 99.1 Å². The summed E-state index contributed by atoms with van der Waals surface area (Å²) in [5, 5.41) is 3.83. The maximum Gasteiger partial charge on any atom is 0.328 e. The summed E-state index contributed by atoms with van der Waals surface area (Å²) in [4.78, 5) is 24.2. The van der Waals surface area contributed by atoms with Crippen LogP contribution < -0.4 is 5.73 Å². The average Bonchev–Trinajstić information content (AvgIpc) is 2.70. The Morgan fingerprint density at radius 1 is 1.59 bits per heavy atom. The third kappa shape index (κ3) is 4.13. The molecule has 0 atom stereocenters. The number of esters is 1. The highest BCUT2D eigenvalue weighted by Crippen LogP contribution is 1.98. The molecule has 1 aromatic heterocycles. The van der Waals surface area contributed by atoms with Gasteiger partial charge in [0.25, 0.3) is 5.91 Å². The van der Waals surface area contributed by atoms with E-state index in [2.05, 4.69) is 5.10 Å². The van der Waals surface area contributed by atoms with Gasteiger partial charge in [-0.15, -0.1) is 0 Å². The number of amides is 1. The number of rotatable bonds is 5. The Morgan fingerprint density at radius 2 is 2.29 bits per heavy atom. The lowest BCUT2D eigenvalue weighted by Crippen LogP contribution is -2.31. The Bertz CT molecular complexity index is 402. The first-order valence-corrected chi connectivity index (χ1v) is 5.20. The van der Waals surface area contributed by atoms with Gasteiger partial charge in [-0.25, -0.2) is 0 Å². The minimum Gasteiger partial charge on any atom is -0.454 e. The minimum atomic E-state index is -0.522. The third-order valence-electron chi connectivity index (χ3n) is 2.20. The molecule has 1 rings (SSSR count). The quantitative estimate of drug-likeness (QED) is 0.700. The molecular formula is C10H16N4O3. The number of likely N-dealkylation sites (N-methyl/N-ethyl adjacent to an activating group) is 1. The Hall–Kier alpha value is -2.05. The number of ether oxygens (including phenoxy) is 1. The van der Waals surface area contributed by atoms with Crippen LogP contribution >= 0.6 is 0 Å². The van der Waals surface area contributed by atoms with Gasteiger partial charge in [-0.3, -0.25) is 14.3 Å². The Morgan fingerprint density at radius 3 is 2.82 bits per heavy atom. The Kier molecular flexibility index (Phi) is 4.50. The normalized spacial score (nSPS) is 10.0. The molecule has 0 fully saturated rings. The number of carbonyl (C=O) groups excluding carboxylic acids is 2. The van der Waals surface area contributed by atoms with E-state index in [1.807, 2.05) is 6.92 Å². The summed E-state index contributed by atoms with van der Waals surface area (Å²) in [6.07, 6.45) is 2.95. The average molecular weight is 240 g/mol. The topological polar surface area (TPSA) is 90.5 Å². The molecule has 1 heterocycles. The molecule has 1 aromatic rings. The first-order valence-electron chi connectivity index (χ1n) is 5.20. The SMILES string of the molecule is CCN(C)C(=O)COC(=O)Cn1cc(N)cn1. The van der Waals surface area contributed by atoms with Gasteiger partial charge in [-0.1, -0.05) is 0 Å². The molecule has 0 radical (unpaired) electrons. The molecule has 1 amide bonds. The van der Waals surface area contributed by atoms with Crippen molar-refractivity contribution < 1.29 is 14.3 Å². The molecule has 2 N–H and O–H groups in total. The van der Waals surface area contributed by atoms with Gasteiger partial charge >= 0.3 is 5.97 Å². The molecule has 0 saturated carbocycles. The molecule has 7 heteroatoms. The van der Waals surface area contributed by atoms with Crippen LogP contribution in [0, 0.1) is 0 Å². The highest BCUT2D eigenvalue weighted by Gasteiger charge is 2.11. The highest BCUT2D eigenvalue weighted by molar-refractivity contribution is 5.80. The van der Waals surface area contributed by atoms with Gasteiger partial charge in [0.1, 0.15) is 6.54 Å². The van der Waals surface area contributed by atoms with Crippen LogP contribution in [-0.2, 0) is 20.9 Å². The van der Waals surface area contributed by atoms with Crippen molar-refractivity contribution in [1.29, 1.82) is 0 Å². The van der Waals surface area contributed by atoms with Crippen LogP contribution in [0.25, 0.3) is 0 Å². The van der Waals surface area contributed by atoms with E-state index >= 15 is 0 Å². The fraction of sp³-hybridized carbons (Fsp3) is 0.500. The van der Waals surface area contributed by atoms with Crippen LogP contribution in [0.15, 0.2) is 12.4 Å². The van der Waals surface area contributed by atoms with Gasteiger partial charge in [-0.2, -0.15) is 5.10 Å². The molecule has 0 unspecified atom stereocenters. The van der Waals surface area contributed by atoms with Gasteiger partial charge in [0.05, 0.1) is 11.9 Å². The fourth-order valence-corrected chi connectivity index (χ4v) is 1.07. The van der Waals surface area contributed by atoms with Gasteiger partial charge in [0.15, 0.2) is 6.61 Å². The number of nitrogens with two attached hydrogens (primary N) is 1. The highest BCUT2D eigenvalue weighted by atomic mass is 16.5. The summed E-state index contributed by atoms with van der Waals surface area (Å²) in [7, 11) is 1.64. The van der Waals surface area contributed by atoms with Gasteiger partial charge in [0, 0.05) is 19.8 Å². The van der Waals surface area contributed by atoms with E-state index in [0.29, 0.717) is 12.2 Å². The molecule has 7 nitrogen and oxygen atoms in total. The number of aromatic nitrogens is 2.